The van der Waals surface area contributed by atoms with Crippen molar-refractivity contribution in [2.75, 3.05) is 7.05 Å². The van der Waals surface area contributed by atoms with Gasteiger partial charge in [-0.15, -0.1) is 0 Å². The van der Waals surface area contributed by atoms with Gasteiger partial charge in [0.2, 0.25) is 5.91 Å². The van der Waals surface area contributed by atoms with E-state index in [1.165, 1.54) is 17.0 Å². The van der Waals surface area contributed by atoms with Crippen LogP contribution in [0.15, 0.2) is 24.3 Å². The summed E-state index contributed by atoms with van der Waals surface area (Å²) in [5.74, 6) is -0.0755. The van der Waals surface area contributed by atoms with Gasteiger partial charge in [0.25, 0.3) is 0 Å². The molecule has 0 bridgehead atoms. The Bertz CT molecular complexity index is 475. The molecule has 1 aromatic rings. The minimum Gasteiger partial charge on any atom is -0.341 e. The second-order valence-electron chi connectivity index (χ2n) is 5.93. The lowest BCUT2D eigenvalue weighted by Crippen LogP contribution is -2.34. The fourth-order valence-corrected chi connectivity index (χ4v) is 1.78. The smallest absolute Gasteiger partial charge is 0.341 e. The fraction of sp³-hybridized carbons (Fsp3) is 0.533. The van der Waals surface area contributed by atoms with Crippen molar-refractivity contribution >= 4 is 5.91 Å². The molecule has 0 radical (unpaired) electrons. The third kappa shape index (κ3) is 6.16. The van der Waals surface area contributed by atoms with E-state index in [1.54, 1.807) is 7.05 Å². The van der Waals surface area contributed by atoms with Crippen molar-refractivity contribution in [1.82, 2.24) is 4.90 Å². The third-order valence-electron chi connectivity index (χ3n) is 3.11. The third-order valence-corrected chi connectivity index (χ3v) is 3.11. The van der Waals surface area contributed by atoms with Gasteiger partial charge in [0, 0.05) is 25.6 Å². The summed E-state index contributed by atoms with van der Waals surface area (Å²) in [6.45, 7) is 3.97. The highest BCUT2D eigenvalue weighted by Gasteiger charge is 2.30. The summed E-state index contributed by atoms with van der Waals surface area (Å²) < 4.78 is 37.3. The number of hydrogen-bond acceptors (Lipinski definition) is 2. The van der Waals surface area contributed by atoms with Gasteiger partial charge in [0.15, 0.2) is 0 Å². The maximum Gasteiger partial charge on any atom is 0.416 e. The molecule has 1 amide bonds. The van der Waals surface area contributed by atoms with Crippen molar-refractivity contribution in [3.8, 4) is 0 Å². The van der Waals surface area contributed by atoms with E-state index < -0.39 is 17.3 Å². The second kappa shape index (κ2) is 6.47. The summed E-state index contributed by atoms with van der Waals surface area (Å²) in [5, 5.41) is 0. The average molecular weight is 302 g/mol. The quantitative estimate of drug-likeness (QED) is 0.908. The van der Waals surface area contributed by atoms with Crippen LogP contribution < -0.4 is 5.73 Å². The first-order valence-corrected chi connectivity index (χ1v) is 6.68. The molecule has 0 atom stereocenters. The Balaban J connectivity index is 2.58. The van der Waals surface area contributed by atoms with Crippen LogP contribution in [0.4, 0.5) is 13.2 Å². The van der Waals surface area contributed by atoms with Crippen molar-refractivity contribution in [3.63, 3.8) is 0 Å². The first-order chi connectivity index (χ1) is 9.49. The monoisotopic (exact) mass is 302 g/mol. The Morgan fingerprint density at radius 3 is 2.14 bits per heavy atom. The molecule has 0 aliphatic carbocycles. The van der Waals surface area contributed by atoms with Gasteiger partial charge in [-0.1, -0.05) is 12.1 Å². The lowest BCUT2D eigenvalue weighted by atomic mass is 10.00. The van der Waals surface area contributed by atoms with Gasteiger partial charge >= 0.3 is 6.18 Å². The molecule has 1 aromatic carbocycles. The Labute approximate surface area is 122 Å². The van der Waals surface area contributed by atoms with Crippen molar-refractivity contribution in [2.24, 2.45) is 5.73 Å². The number of amides is 1. The van der Waals surface area contributed by atoms with E-state index in [1.807, 2.05) is 13.8 Å². The predicted molar refractivity (Wildman–Crippen MR) is 75.4 cm³/mol. The highest BCUT2D eigenvalue weighted by atomic mass is 19.4. The molecule has 1 rings (SSSR count). The molecule has 0 aliphatic heterocycles. The highest BCUT2D eigenvalue weighted by Crippen LogP contribution is 2.29. The zero-order chi connectivity index (χ0) is 16.3. The zero-order valence-electron chi connectivity index (χ0n) is 12.5. The molecule has 21 heavy (non-hydrogen) atoms. The van der Waals surface area contributed by atoms with Crippen LogP contribution in [0.5, 0.6) is 0 Å². The van der Waals surface area contributed by atoms with Gasteiger partial charge in [-0.05, 0) is 38.0 Å². The summed E-state index contributed by atoms with van der Waals surface area (Å²) in [6.07, 6.45) is -3.46. The molecule has 0 heterocycles. The van der Waals surface area contributed by atoms with Crippen LogP contribution in [0.25, 0.3) is 0 Å². The van der Waals surface area contributed by atoms with E-state index in [-0.39, 0.29) is 12.5 Å². The van der Waals surface area contributed by atoms with E-state index in [2.05, 4.69) is 0 Å². The number of benzene rings is 1. The first kappa shape index (κ1) is 17.5. The Hall–Kier alpha value is -1.56. The van der Waals surface area contributed by atoms with Gasteiger partial charge in [-0.2, -0.15) is 13.2 Å². The lowest BCUT2D eigenvalue weighted by Gasteiger charge is -2.21. The molecule has 0 saturated heterocycles. The van der Waals surface area contributed by atoms with Gasteiger partial charge in [0.1, 0.15) is 0 Å². The molecule has 2 N–H and O–H groups in total. The van der Waals surface area contributed by atoms with Crippen LogP contribution in [0.3, 0.4) is 0 Å². The minimum absolute atomic E-state index is 0.0755. The van der Waals surface area contributed by atoms with Crippen molar-refractivity contribution < 1.29 is 18.0 Å². The lowest BCUT2D eigenvalue weighted by molar-refractivity contribution is -0.137. The Kier molecular flexibility index (Phi) is 5.39. The van der Waals surface area contributed by atoms with Crippen LogP contribution in [0, 0.1) is 0 Å². The van der Waals surface area contributed by atoms with Crippen LogP contribution in [-0.2, 0) is 17.5 Å². The maximum absolute atomic E-state index is 12.4. The summed E-state index contributed by atoms with van der Waals surface area (Å²) in [5.41, 5.74) is 5.37. The molecular formula is C15H21F3N2O. The fourth-order valence-electron chi connectivity index (χ4n) is 1.78. The number of hydrogen-bond donors (Lipinski definition) is 1. The van der Waals surface area contributed by atoms with Crippen molar-refractivity contribution in [1.29, 1.82) is 0 Å². The average Bonchev–Trinajstić information content (AvgIpc) is 2.34. The summed E-state index contributed by atoms with van der Waals surface area (Å²) >= 11 is 0. The summed E-state index contributed by atoms with van der Waals surface area (Å²) in [4.78, 5) is 13.4. The van der Waals surface area contributed by atoms with Gasteiger partial charge in [-0.25, -0.2) is 0 Å². The van der Waals surface area contributed by atoms with E-state index in [0.717, 1.165) is 12.1 Å². The molecular weight excluding hydrogens is 281 g/mol. The minimum atomic E-state index is -4.34. The number of rotatable bonds is 5. The second-order valence-corrected chi connectivity index (χ2v) is 5.93. The largest absolute Gasteiger partial charge is 0.416 e. The van der Waals surface area contributed by atoms with E-state index in [4.69, 9.17) is 5.73 Å². The number of carbonyl (C=O) groups is 1. The topological polar surface area (TPSA) is 46.3 Å². The van der Waals surface area contributed by atoms with Crippen molar-refractivity contribution in [2.45, 2.75) is 44.9 Å². The molecule has 0 aromatic heterocycles. The van der Waals surface area contributed by atoms with E-state index >= 15 is 0 Å². The highest BCUT2D eigenvalue weighted by molar-refractivity contribution is 5.75. The number of alkyl halides is 3. The zero-order valence-corrected chi connectivity index (χ0v) is 12.5. The molecule has 0 spiro atoms. The standard InChI is InChI=1S/C15H21F3N2O/c1-14(2,19)9-8-13(21)20(3)10-11-4-6-12(7-5-11)15(16,17)18/h4-7H,8-10,19H2,1-3H3. The molecule has 6 heteroatoms. The Morgan fingerprint density at radius 2 is 1.71 bits per heavy atom. The molecule has 3 nitrogen and oxygen atoms in total. The predicted octanol–water partition coefficient (Wildman–Crippen LogP) is 3.18. The number of nitrogens with two attached hydrogens (primary N) is 1. The maximum atomic E-state index is 12.4. The van der Waals surface area contributed by atoms with Crippen LogP contribution in [0.2, 0.25) is 0 Å². The van der Waals surface area contributed by atoms with Crippen LogP contribution in [-0.4, -0.2) is 23.4 Å². The van der Waals surface area contributed by atoms with Crippen molar-refractivity contribution in [3.05, 3.63) is 35.4 Å². The first-order valence-electron chi connectivity index (χ1n) is 6.68. The normalized spacial score (nSPS) is 12.3. The molecule has 0 fully saturated rings. The number of halogens is 3. The van der Waals surface area contributed by atoms with Gasteiger partial charge < -0.3 is 10.6 Å². The molecule has 0 aliphatic rings. The van der Waals surface area contributed by atoms with Crippen LogP contribution in [0.1, 0.15) is 37.8 Å². The summed E-state index contributed by atoms with van der Waals surface area (Å²) in [6, 6.07) is 4.83. The number of nitrogens with zero attached hydrogens (tertiary/aromatic N) is 1. The molecule has 118 valence electrons. The SMILES string of the molecule is CN(Cc1ccc(C(F)(F)F)cc1)C(=O)CCC(C)(C)N. The van der Waals surface area contributed by atoms with Gasteiger partial charge in [-0.3, -0.25) is 4.79 Å². The summed E-state index contributed by atoms with van der Waals surface area (Å²) in [7, 11) is 1.63. The number of carbonyl (C=O) groups excluding carboxylic acids is 1. The molecule has 0 saturated carbocycles. The van der Waals surface area contributed by atoms with Crippen LogP contribution >= 0.6 is 0 Å². The molecule has 0 unspecified atom stereocenters. The Morgan fingerprint density at radius 1 is 1.19 bits per heavy atom. The van der Waals surface area contributed by atoms with Gasteiger partial charge in [0.05, 0.1) is 5.56 Å². The van der Waals surface area contributed by atoms with E-state index in [0.29, 0.717) is 18.4 Å². The van der Waals surface area contributed by atoms with E-state index in [9.17, 15) is 18.0 Å².